The highest BCUT2D eigenvalue weighted by molar-refractivity contribution is 5.83. The fraction of sp³-hybridized carbons (Fsp3) is 0.500. The number of amides is 1. The van der Waals surface area contributed by atoms with Gasteiger partial charge < -0.3 is 4.90 Å². The topological polar surface area (TPSA) is 20.3 Å². The summed E-state index contributed by atoms with van der Waals surface area (Å²) in [5, 5.41) is 0. The number of hydrogen-bond donors (Lipinski definition) is 0. The van der Waals surface area contributed by atoms with Crippen molar-refractivity contribution in [1.29, 1.82) is 0 Å². The molecule has 0 radical (unpaired) electrons. The summed E-state index contributed by atoms with van der Waals surface area (Å²) in [6.07, 6.45) is 1.01. The van der Waals surface area contributed by atoms with E-state index in [1.165, 1.54) is 5.56 Å². The number of carbonyl (C=O) groups excluding carboxylic acids is 1. The van der Waals surface area contributed by atoms with E-state index in [0.29, 0.717) is 17.9 Å². The van der Waals surface area contributed by atoms with E-state index in [4.69, 9.17) is 0 Å². The average Bonchev–Trinajstić information content (AvgIpc) is 3.08. The first-order valence-electron chi connectivity index (χ1n) is 5.93. The highest BCUT2D eigenvalue weighted by Gasteiger charge is 2.45. The molecule has 2 rings (SSSR count). The van der Waals surface area contributed by atoms with Crippen LogP contribution in [0.5, 0.6) is 0 Å². The molecule has 1 aliphatic carbocycles. The van der Waals surface area contributed by atoms with Gasteiger partial charge in [0, 0.05) is 19.0 Å². The first-order valence-corrected chi connectivity index (χ1v) is 5.93. The predicted octanol–water partition coefficient (Wildman–Crippen LogP) is 2.66. The molecular formula is C14H19NO. The van der Waals surface area contributed by atoms with E-state index < -0.39 is 0 Å². The molecule has 16 heavy (non-hydrogen) atoms. The summed E-state index contributed by atoms with van der Waals surface area (Å²) in [6.45, 7) is 4.11. The molecule has 1 aromatic carbocycles. The van der Waals surface area contributed by atoms with E-state index in [2.05, 4.69) is 26.0 Å². The maximum Gasteiger partial charge on any atom is 0.226 e. The van der Waals surface area contributed by atoms with Gasteiger partial charge in [-0.3, -0.25) is 4.79 Å². The Morgan fingerprint density at radius 2 is 1.94 bits per heavy atom. The van der Waals surface area contributed by atoms with E-state index in [1.54, 1.807) is 0 Å². The zero-order valence-electron chi connectivity index (χ0n) is 10.2. The largest absolute Gasteiger partial charge is 0.343 e. The van der Waals surface area contributed by atoms with Crippen molar-refractivity contribution >= 4 is 5.91 Å². The molecule has 1 amide bonds. The van der Waals surface area contributed by atoms with Crippen molar-refractivity contribution in [3.63, 3.8) is 0 Å². The lowest BCUT2D eigenvalue weighted by molar-refractivity contribution is -0.132. The van der Waals surface area contributed by atoms with E-state index in [9.17, 15) is 4.79 Å². The van der Waals surface area contributed by atoms with Gasteiger partial charge in [0.1, 0.15) is 0 Å². The van der Waals surface area contributed by atoms with Crippen LogP contribution in [0.1, 0.15) is 31.7 Å². The van der Waals surface area contributed by atoms with Gasteiger partial charge in [-0.05, 0) is 31.7 Å². The van der Waals surface area contributed by atoms with Gasteiger partial charge >= 0.3 is 0 Å². The molecule has 2 unspecified atom stereocenters. The van der Waals surface area contributed by atoms with Crippen molar-refractivity contribution in [3.05, 3.63) is 35.9 Å². The Hall–Kier alpha value is -1.31. The van der Waals surface area contributed by atoms with Crippen molar-refractivity contribution < 1.29 is 4.79 Å². The second-order valence-corrected chi connectivity index (χ2v) is 4.90. The minimum absolute atomic E-state index is 0.217. The number of benzene rings is 1. The SMILES string of the molecule is CC(C)N(C)C(=O)C1CC1c1ccccc1. The molecule has 0 aromatic heterocycles. The number of rotatable bonds is 3. The third-order valence-electron chi connectivity index (χ3n) is 3.46. The van der Waals surface area contributed by atoms with Gasteiger partial charge in [-0.25, -0.2) is 0 Å². The third-order valence-corrected chi connectivity index (χ3v) is 3.46. The number of hydrogen-bond acceptors (Lipinski definition) is 1. The smallest absolute Gasteiger partial charge is 0.226 e. The second-order valence-electron chi connectivity index (χ2n) is 4.90. The first-order chi connectivity index (χ1) is 7.61. The van der Waals surface area contributed by atoms with Gasteiger partial charge in [-0.2, -0.15) is 0 Å². The standard InChI is InChI=1S/C14H19NO/c1-10(2)15(3)14(16)13-9-12(13)11-7-5-4-6-8-11/h4-8,10,12-13H,9H2,1-3H3. The van der Waals surface area contributed by atoms with Crippen LogP contribution in [-0.4, -0.2) is 23.9 Å². The molecule has 2 nitrogen and oxygen atoms in total. The average molecular weight is 217 g/mol. The molecule has 86 valence electrons. The maximum absolute atomic E-state index is 12.1. The fourth-order valence-electron chi connectivity index (χ4n) is 2.05. The Labute approximate surface area is 97.3 Å². The van der Waals surface area contributed by atoms with Crippen LogP contribution in [-0.2, 0) is 4.79 Å². The molecule has 2 heteroatoms. The van der Waals surface area contributed by atoms with Crippen LogP contribution in [0.3, 0.4) is 0 Å². The molecule has 0 spiro atoms. The molecule has 2 atom stereocenters. The molecule has 1 fully saturated rings. The lowest BCUT2D eigenvalue weighted by atomic mass is 10.1. The van der Waals surface area contributed by atoms with Crippen LogP contribution in [0, 0.1) is 5.92 Å². The highest BCUT2D eigenvalue weighted by Crippen LogP contribution is 2.48. The minimum atomic E-state index is 0.217. The summed E-state index contributed by atoms with van der Waals surface area (Å²) in [7, 11) is 1.90. The Morgan fingerprint density at radius 1 is 1.31 bits per heavy atom. The highest BCUT2D eigenvalue weighted by atomic mass is 16.2. The van der Waals surface area contributed by atoms with Gasteiger partial charge in [-0.1, -0.05) is 30.3 Å². The normalized spacial score (nSPS) is 23.2. The van der Waals surface area contributed by atoms with Crippen LogP contribution >= 0.6 is 0 Å². The third kappa shape index (κ3) is 2.11. The molecule has 0 aliphatic heterocycles. The van der Waals surface area contributed by atoms with Crippen LogP contribution in [0.4, 0.5) is 0 Å². The van der Waals surface area contributed by atoms with Crippen molar-refractivity contribution in [2.45, 2.75) is 32.2 Å². The van der Waals surface area contributed by atoms with Crippen LogP contribution < -0.4 is 0 Å². The fourth-order valence-corrected chi connectivity index (χ4v) is 2.05. The van der Waals surface area contributed by atoms with E-state index in [1.807, 2.05) is 30.1 Å². The molecule has 1 aliphatic rings. The molecule has 1 saturated carbocycles. The molecular weight excluding hydrogens is 198 g/mol. The van der Waals surface area contributed by atoms with Crippen molar-refractivity contribution in [2.24, 2.45) is 5.92 Å². The molecule has 0 N–H and O–H groups in total. The number of nitrogens with zero attached hydrogens (tertiary/aromatic N) is 1. The van der Waals surface area contributed by atoms with Crippen molar-refractivity contribution in [2.75, 3.05) is 7.05 Å². The minimum Gasteiger partial charge on any atom is -0.343 e. The molecule has 0 saturated heterocycles. The predicted molar refractivity (Wildman–Crippen MR) is 65.2 cm³/mol. The Kier molecular flexibility index (Phi) is 2.99. The van der Waals surface area contributed by atoms with Crippen LogP contribution in [0.25, 0.3) is 0 Å². The Balaban J connectivity index is 1.99. The molecule has 1 aromatic rings. The van der Waals surface area contributed by atoms with Crippen LogP contribution in [0.2, 0.25) is 0 Å². The van der Waals surface area contributed by atoms with Gasteiger partial charge in [-0.15, -0.1) is 0 Å². The van der Waals surface area contributed by atoms with E-state index >= 15 is 0 Å². The van der Waals surface area contributed by atoms with Crippen LogP contribution in [0.15, 0.2) is 30.3 Å². The van der Waals surface area contributed by atoms with Gasteiger partial charge in [0.25, 0.3) is 0 Å². The Morgan fingerprint density at radius 3 is 2.50 bits per heavy atom. The lowest BCUT2D eigenvalue weighted by Crippen LogP contribution is -2.34. The number of carbonyl (C=O) groups is 1. The monoisotopic (exact) mass is 217 g/mol. The summed E-state index contributed by atoms with van der Waals surface area (Å²) < 4.78 is 0. The second kappa shape index (κ2) is 4.28. The Bertz CT molecular complexity index is 372. The van der Waals surface area contributed by atoms with Gasteiger partial charge in [0.05, 0.1) is 0 Å². The van der Waals surface area contributed by atoms with E-state index in [-0.39, 0.29) is 5.92 Å². The summed E-state index contributed by atoms with van der Waals surface area (Å²) in [4.78, 5) is 13.9. The quantitative estimate of drug-likeness (QED) is 0.762. The van der Waals surface area contributed by atoms with E-state index in [0.717, 1.165) is 6.42 Å². The lowest BCUT2D eigenvalue weighted by Gasteiger charge is -2.21. The van der Waals surface area contributed by atoms with Gasteiger partial charge in [0.2, 0.25) is 5.91 Å². The summed E-state index contributed by atoms with van der Waals surface area (Å²) in [6, 6.07) is 10.6. The molecule has 0 bridgehead atoms. The zero-order valence-corrected chi connectivity index (χ0v) is 10.2. The van der Waals surface area contributed by atoms with Crippen molar-refractivity contribution in [1.82, 2.24) is 4.90 Å². The first kappa shape index (κ1) is 11.2. The van der Waals surface area contributed by atoms with Gasteiger partial charge in [0.15, 0.2) is 0 Å². The summed E-state index contributed by atoms with van der Waals surface area (Å²) >= 11 is 0. The summed E-state index contributed by atoms with van der Waals surface area (Å²) in [5.74, 6) is 0.966. The van der Waals surface area contributed by atoms with Crippen molar-refractivity contribution in [3.8, 4) is 0 Å². The maximum atomic E-state index is 12.1. The molecule has 0 heterocycles. The zero-order chi connectivity index (χ0) is 11.7. The summed E-state index contributed by atoms with van der Waals surface area (Å²) in [5.41, 5.74) is 1.30.